The summed E-state index contributed by atoms with van der Waals surface area (Å²) in [6, 6.07) is 17.1. The van der Waals surface area contributed by atoms with E-state index in [1.165, 1.54) is 34.6 Å². The van der Waals surface area contributed by atoms with E-state index in [2.05, 4.69) is 4.98 Å². The van der Waals surface area contributed by atoms with Gasteiger partial charge in [-0.1, -0.05) is 24.3 Å². The Morgan fingerprint density at radius 3 is 2.22 bits per heavy atom. The zero-order valence-corrected chi connectivity index (χ0v) is 20.3. The van der Waals surface area contributed by atoms with E-state index in [4.69, 9.17) is 9.84 Å². The number of aromatic nitrogens is 1. The number of carboxylic acids is 1. The Balaban J connectivity index is 1.30. The lowest BCUT2D eigenvalue weighted by Crippen LogP contribution is -2.13. The number of nitrogens with zero attached hydrogens (tertiary/aromatic N) is 1. The third-order valence-electron chi connectivity index (χ3n) is 6.13. The fourth-order valence-electron chi connectivity index (χ4n) is 3.92. The lowest BCUT2D eigenvalue weighted by atomic mass is 10.0. The Kier molecular flexibility index (Phi) is 6.36. The standard InChI is InChI=1S/C27H22N2O7S/c30-25-21(13-17-1-5-19(6-2-17)26(31)32)15-28-24-10-7-20(14-23(24)25)27(33)36-16-18-3-8-22(9-4-18)37(34,35)29-11-12-29/h1-10,14-15H,11-13,16H2,(H,28,30)(H,31,32). The van der Waals surface area contributed by atoms with E-state index in [-0.39, 0.29) is 28.1 Å². The van der Waals surface area contributed by atoms with Crippen LogP contribution in [0.25, 0.3) is 10.9 Å². The second-order valence-electron chi connectivity index (χ2n) is 8.71. The fraction of sp³-hybridized carbons (Fsp3) is 0.148. The van der Waals surface area contributed by atoms with E-state index in [1.54, 1.807) is 42.6 Å². The molecule has 10 heteroatoms. The summed E-state index contributed by atoms with van der Waals surface area (Å²) < 4.78 is 31.2. The Labute approximate surface area is 212 Å². The molecule has 0 radical (unpaired) electrons. The van der Waals surface area contributed by atoms with Crippen molar-refractivity contribution in [2.75, 3.05) is 13.1 Å². The highest BCUT2D eigenvalue weighted by molar-refractivity contribution is 7.89. The molecule has 1 aliphatic rings. The van der Waals surface area contributed by atoms with E-state index in [1.807, 2.05) is 0 Å². The van der Waals surface area contributed by atoms with E-state index in [0.29, 0.717) is 41.5 Å². The van der Waals surface area contributed by atoms with Crippen molar-refractivity contribution in [3.63, 3.8) is 0 Å². The summed E-state index contributed by atoms with van der Waals surface area (Å²) in [7, 11) is -3.44. The van der Waals surface area contributed by atoms with Crippen LogP contribution in [0.4, 0.5) is 0 Å². The SMILES string of the molecule is O=C(O)c1ccc(Cc2c[nH]c3ccc(C(=O)OCc4ccc(S(=O)(=O)N5CC5)cc4)cc3c2=O)cc1. The number of sulfonamides is 1. The molecule has 0 amide bonds. The molecule has 0 atom stereocenters. The number of esters is 1. The van der Waals surface area contributed by atoms with Gasteiger partial charge >= 0.3 is 11.9 Å². The third kappa shape index (κ3) is 5.16. The van der Waals surface area contributed by atoms with Crippen LogP contribution in [0, 0.1) is 0 Å². The van der Waals surface area contributed by atoms with Gasteiger partial charge in [0.2, 0.25) is 10.0 Å². The minimum atomic E-state index is -3.44. The van der Waals surface area contributed by atoms with Gasteiger partial charge in [-0.25, -0.2) is 18.0 Å². The van der Waals surface area contributed by atoms with Crippen LogP contribution in [0.5, 0.6) is 0 Å². The highest BCUT2D eigenvalue weighted by atomic mass is 32.2. The van der Waals surface area contributed by atoms with E-state index >= 15 is 0 Å². The molecule has 1 saturated heterocycles. The number of nitrogens with one attached hydrogen (secondary N) is 1. The molecule has 188 valence electrons. The number of pyridine rings is 1. The number of fused-ring (bicyclic) bond motifs is 1. The molecule has 2 N–H and O–H groups in total. The molecule has 37 heavy (non-hydrogen) atoms. The number of hydrogen-bond donors (Lipinski definition) is 2. The molecule has 0 unspecified atom stereocenters. The first-order valence-electron chi connectivity index (χ1n) is 11.5. The van der Waals surface area contributed by atoms with Gasteiger partial charge in [-0.15, -0.1) is 0 Å². The lowest BCUT2D eigenvalue weighted by Gasteiger charge is -2.08. The van der Waals surface area contributed by atoms with Crippen molar-refractivity contribution in [3.05, 3.63) is 111 Å². The van der Waals surface area contributed by atoms with Crippen molar-refractivity contribution in [1.29, 1.82) is 0 Å². The Morgan fingerprint density at radius 1 is 0.919 bits per heavy atom. The number of benzene rings is 3. The molecule has 5 rings (SSSR count). The smallest absolute Gasteiger partial charge is 0.338 e. The summed E-state index contributed by atoms with van der Waals surface area (Å²) in [6.45, 7) is 0.999. The predicted octanol–water partition coefficient (Wildman–Crippen LogP) is 3.18. The van der Waals surface area contributed by atoms with Gasteiger partial charge in [0.05, 0.1) is 16.0 Å². The quantitative estimate of drug-likeness (QED) is 0.270. The van der Waals surface area contributed by atoms with Crippen LogP contribution in [0.15, 0.2) is 82.6 Å². The summed E-state index contributed by atoms with van der Waals surface area (Å²) in [5, 5.41) is 9.38. The monoisotopic (exact) mass is 518 g/mol. The molecule has 3 aromatic carbocycles. The summed E-state index contributed by atoms with van der Waals surface area (Å²) in [5.41, 5.74) is 2.58. The first kappa shape index (κ1) is 24.4. The van der Waals surface area contributed by atoms with Crippen molar-refractivity contribution in [2.24, 2.45) is 0 Å². The van der Waals surface area contributed by atoms with Crippen LogP contribution >= 0.6 is 0 Å². The number of ether oxygens (including phenoxy) is 1. The number of carboxylic acid groups (broad SMARTS) is 1. The van der Waals surface area contributed by atoms with Crippen molar-refractivity contribution < 1.29 is 27.9 Å². The molecule has 0 bridgehead atoms. The topological polar surface area (TPSA) is 134 Å². The summed E-state index contributed by atoms with van der Waals surface area (Å²) >= 11 is 0. The van der Waals surface area contributed by atoms with Gasteiger partial charge in [-0.05, 0) is 53.6 Å². The Hall–Kier alpha value is -4.28. The van der Waals surface area contributed by atoms with E-state index in [9.17, 15) is 22.8 Å². The number of aromatic carboxylic acids is 1. The van der Waals surface area contributed by atoms with Gasteiger partial charge in [0.15, 0.2) is 5.43 Å². The minimum absolute atomic E-state index is 0.0519. The van der Waals surface area contributed by atoms with Crippen molar-refractivity contribution >= 4 is 32.9 Å². The first-order chi connectivity index (χ1) is 17.7. The second-order valence-corrected chi connectivity index (χ2v) is 10.6. The van der Waals surface area contributed by atoms with E-state index < -0.39 is 22.0 Å². The number of hydrogen-bond acceptors (Lipinski definition) is 6. The number of carbonyl (C=O) groups is 2. The predicted molar refractivity (Wildman–Crippen MR) is 135 cm³/mol. The Bertz CT molecular complexity index is 1670. The maximum atomic E-state index is 13.1. The van der Waals surface area contributed by atoms with Crippen molar-refractivity contribution in [1.82, 2.24) is 9.29 Å². The molecule has 0 saturated carbocycles. The van der Waals surface area contributed by atoms with Gasteiger partial charge in [0.25, 0.3) is 0 Å². The number of aromatic amines is 1. The van der Waals surface area contributed by atoms with Crippen molar-refractivity contribution in [2.45, 2.75) is 17.9 Å². The Morgan fingerprint density at radius 2 is 1.57 bits per heavy atom. The summed E-state index contributed by atoms with van der Waals surface area (Å²) in [6.07, 6.45) is 1.90. The van der Waals surface area contributed by atoms with Crippen LogP contribution < -0.4 is 5.43 Å². The number of carbonyl (C=O) groups excluding carboxylic acids is 1. The zero-order valence-electron chi connectivity index (χ0n) is 19.5. The minimum Gasteiger partial charge on any atom is -0.478 e. The molecule has 1 aromatic heterocycles. The first-order valence-corrected chi connectivity index (χ1v) is 12.9. The second kappa shape index (κ2) is 9.64. The number of H-pyrrole nitrogens is 1. The summed E-state index contributed by atoms with van der Waals surface area (Å²) in [5.74, 6) is -1.64. The highest BCUT2D eigenvalue weighted by Gasteiger charge is 2.33. The zero-order chi connectivity index (χ0) is 26.2. The third-order valence-corrected chi connectivity index (χ3v) is 8.04. The van der Waals surface area contributed by atoms with Gasteiger partial charge < -0.3 is 14.8 Å². The highest BCUT2D eigenvalue weighted by Crippen LogP contribution is 2.22. The van der Waals surface area contributed by atoms with Crippen molar-refractivity contribution in [3.8, 4) is 0 Å². The van der Waals surface area contributed by atoms with Gasteiger partial charge in [0.1, 0.15) is 6.61 Å². The average Bonchev–Trinajstić information content (AvgIpc) is 3.76. The molecular formula is C27H22N2O7S. The van der Waals surface area contributed by atoms with Gasteiger partial charge in [-0.3, -0.25) is 4.79 Å². The van der Waals surface area contributed by atoms with Gasteiger partial charge in [0, 0.05) is 42.2 Å². The molecular weight excluding hydrogens is 496 g/mol. The van der Waals surface area contributed by atoms with Gasteiger partial charge in [-0.2, -0.15) is 4.31 Å². The maximum Gasteiger partial charge on any atom is 0.338 e. The van der Waals surface area contributed by atoms with Crippen LogP contribution in [0.3, 0.4) is 0 Å². The average molecular weight is 519 g/mol. The normalized spacial score (nSPS) is 13.4. The molecule has 0 spiro atoms. The van der Waals surface area contributed by atoms with Crippen LogP contribution in [0.1, 0.15) is 37.4 Å². The molecule has 4 aromatic rings. The van der Waals surface area contributed by atoms with Crippen LogP contribution in [-0.2, 0) is 27.8 Å². The van der Waals surface area contributed by atoms with Crippen LogP contribution in [0.2, 0.25) is 0 Å². The van der Waals surface area contributed by atoms with Crippen LogP contribution in [-0.4, -0.2) is 47.8 Å². The number of rotatable bonds is 8. The maximum absolute atomic E-state index is 13.1. The molecule has 1 fully saturated rings. The molecule has 1 aliphatic heterocycles. The van der Waals surface area contributed by atoms with E-state index in [0.717, 1.165) is 5.56 Å². The largest absolute Gasteiger partial charge is 0.478 e. The molecule has 0 aliphatic carbocycles. The summed E-state index contributed by atoms with van der Waals surface area (Å²) in [4.78, 5) is 40.1. The fourth-order valence-corrected chi connectivity index (χ4v) is 5.27. The lowest BCUT2D eigenvalue weighted by molar-refractivity contribution is 0.0472. The molecule has 9 nitrogen and oxygen atoms in total. The molecule has 2 heterocycles.